The Balaban J connectivity index is 0.00000109. The fourth-order valence-electron chi connectivity index (χ4n) is 2.61. The van der Waals surface area contributed by atoms with Crippen LogP contribution < -0.4 is 11.4 Å². The maximum Gasteiger partial charge on any atom is 0.330 e. The molecule has 0 fully saturated rings. The molecule has 0 bridgehead atoms. The molecule has 0 unspecified atom stereocenters. The molecule has 25 heavy (non-hydrogen) atoms. The summed E-state index contributed by atoms with van der Waals surface area (Å²) in [5, 5.41) is 0.163. The molecule has 0 amide bonds. The standard InChI is InChI=1S/C15H17ClN6O.C2H6/c1-7-5-18-10(9(3)8(7)2)6-22-13-11(21(4)15(22)23)12(16)19-14(17)20-13;1-2/h5H,6H2,1-4H3,(H2,17,19,20);1-2H3. The van der Waals surface area contributed by atoms with Gasteiger partial charge in [-0.15, -0.1) is 0 Å². The molecule has 0 aliphatic rings. The Labute approximate surface area is 151 Å². The van der Waals surface area contributed by atoms with Crippen molar-refractivity contribution < 1.29 is 0 Å². The number of nitrogen functional groups attached to an aromatic ring is 1. The van der Waals surface area contributed by atoms with Crippen LogP contribution in [-0.2, 0) is 13.6 Å². The quantitative estimate of drug-likeness (QED) is 0.707. The fourth-order valence-corrected chi connectivity index (χ4v) is 2.91. The lowest BCUT2D eigenvalue weighted by Gasteiger charge is -2.10. The summed E-state index contributed by atoms with van der Waals surface area (Å²) in [6, 6.07) is 0. The Kier molecular flexibility index (Phi) is 5.47. The fraction of sp³-hybridized carbons (Fsp3) is 0.412. The van der Waals surface area contributed by atoms with Crippen molar-refractivity contribution in [1.82, 2.24) is 24.1 Å². The summed E-state index contributed by atoms with van der Waals surface area (Å²) in [7, 11) is 1.63. The second-order valence-electron chi connectivity index (χ2n) is 5.61. The highest BCUT2D eigenvalue weighted by Crippen LogP contribution is 2.21. The molecule has 0 aliphatic carbocycles. The van der Waals surface area contributed by atoms with Crippen LogP contribution in [0.4, 0.5) is 5.95 Å². The number of nitrogens with two attached hydrogens (primary N) is 1. The summed E-state index contributed by atoms with van der Waals surface area (Å²) in [5.74, 6) is 0.0339. The van der Waals surface area contributed by atoms with Crippen LogP contribution in [0.2, 0.25) is 5.15 Å². The van der Waals surface area contributed by atoms with Crippen molar-refractivity contribution in [3.05, 3.63) is 44.2 Å². The topological polar surface area (TPSA) is 91.6 Å². The van der Waals surface area contributed by atoms with Gasteiger partial charge >= 0.3 is 5.69 Å². The first kappa shape index (κ1) is 18.9. The zero-order valence-corrected chi connectivity index (χ0v) is 16.1. The molecule has 0 saturated carbocycles. The molecule has 8 heteroatoms. The van der Waals surface area contributed by atoms with Crippen molar-refractivity contribution in [2.45, 2.75) is 41.2 Å². The van der Waals surface area contributed by atoms with Crippen LogP contribution in [0.5, 0.6) is 0 Å². The smallest absolute Gasteiger partial charge is 0.330 e. The van der Waals surface area contributed by atoms with E-state index < -0.39 is 0 Å². The van der Waals surface area contributed by atoms with E-state index in [1.807, 2.05) is 40.8 Å². The lowest BCUT2D eigenvalue weighted by Crippen LogP contribution is -2.23. The highest BCUT2D eigenvalue weighted by atomic mass is 35.5. The van der Waals surface area contributed by atoms with E-state index in [-0.39, 0.29) is 16.8 Å². The van der Waals surface area contributed by atoms with Crippen molar-refractivity contribution in [2.24, 2.45) is 7.05 Å². The number of rotatable bonds is 2. The summed E-state index contributed by atoms with van der Waals surface area (Å²) in [6.45, 7) is 10.3. The number of pyridine rings is 1. The average Bonchev–Trinajstić information content (AvgIpc) is 2.81. The van der Waals surface area contributed by atoms with Crippen molar-refractivity contribution >= 4 is 28.7 Å². The molecule has 3 aromatic rings. The van der Waals surface area contributed by atoms with Gasteiger partial charge in [-0.3, -0.25) is 14.1 Å². The molecule has 0 aliphatic heterocycles. The van der Waals surface area contributed by atoms with Gasteiger partial charge in [0, 0.05) is 13.2 Å². The summed E-state index contributed by atoms with van der Waals surface area (Å²) in [5.41, 5.74) is 10.5. The molecule has 134 valence electrons. The van der Waals surface area contributed by atoms with Gasteiger partial charge in [0.2, 0.25) is 5.95 Å². The van der Waals surface area contributed by atoms with E-state index in [9.17, 15) is 4.79 Å². The Morgan fingerprint density at radius 3 is 2.44 bits per heavy atom. The first-order valence-electron chi connectivity index (χ1n) is 8.11. The number of fused-ring (bicyclic) bond motifs is 1. The minimum atomic E-state index is -0.235. The average molecular weight is 363 g/mol. The van der Waals surface area contributed by atoms with E-state index >= 15 is 0 Å². The predicted molar refractivity (Wildman–Crippen MR) is 101 cm³/mol. The maximum absolute atomic E-state index is 12.6. The predicted octanol–water partition coefficient (Wildman–Crippen LogP) is 2.76. The first-order valence-corrected chi connectivity index (χ1v) is 8.49. The number of hydrogen-bond acceptors (Lipinski definition) is 5. The van der Waals surface area contributed by atoms with E-state index in [1.165, 1.54) is 9.13 Å². The van der Waals surface area contributed by atoms with Crippen LogP contribution in [0.3, 0.4) is 0 Å². The van der Waals surface area contributed by atoms with E-state index in [2.05, 4.69) is 15.0 Å². The highest BCUT2D eigenvalue weighted by Gasteiger charge is 2.18. The molecule has 2 N–H and O–H groups in total. The third kappa shape index (κ3) is 3.24. The van der Waals surface area contributed by atoms with Gasteiger partial charge in [-0.2, -0.15) is 9.97 Å². The monoisotopic (exact) mass is 362 g/mol. The van der Waals surface area contributed by atoms with Gasteiger partial charge in [0.25, 0.3) is 0 Å². The van der Waals surface area contributed by atoms with E-state index in [0.29, 0.717) is 17.7 Å². The van der Waals surface area contributed by atoms with E-state index in [0.717, 1.165) is 22.4 Å². The Hall–Kier alpha value is -2.41. The van der Waals surface area contributed by atoms with E-state index in [4.69, 9.17) is 17.3 Å². The SMILES string of the molecule is CC.Cc1cnc(Cn2c(=O)n(C)c3c(Cl)nc(N)nc32)c(C)c1C. The Morgan fingerprint density at radius 1 is 1.16 bits per heavy atom. The molecule has 0 saturated heterocycles. The number of anilines is 1. The number of hydrogen-bond donors (Lipinski definition) is 1. The molecule has 3 heterocycles. The zero-order chi connectivity index (χ0) is 18.9. The molecule has 7 nitrogen and oxygen atoms in total. The second kappa shape index (κ2) is 7.23. The molecule has 0 atom stereocenters. The van der Waals surface area contributed by atoms with Gasteiger partial charge in [0.05, 0.1) is 12.2 Å². The minimum absolute atomic E-state index is 0.0339. The lowest BCUT2D eigenvalue weighted by molar-refractivity contribution is 0.712. The van der Waals surface area contributed by atoms with Gasteiger partial charge in [-0.25, -0.2) is 4.79 Å². The number of aryl methyl sites for hydroxylation is 2. The maximum atomic E-state index is 12.6. The van der Waals surface area contributed by atoms with Crippen molar-refractivity contribution in [3.63, 3.8) is 0 Å². The van der Waals surface area contributed by atoms with Crippen LogP contribution in [0, 0.1) is 20.8 Å². The van der Waals surface area contributed by atoms with Gasteiger partial charge in [0.1, 0.15) is 5.52 Å². The van der Waals surface area contributed by atoms with Crippen LogP contribution in [-0.4, -0.2) is 24.1 Å². The zero-order valence-electron chi connectivity index (χ0n) is 15.4. The van der Waals surface area contributed by atoms with Gasteiger partial charge < -0.3 is 5.73 Å². The molecule has 0 aromatic carbocycles. The number of aromatic nitrogens is 5. The third-order valence-corrected chi connectivity index (χ3v) is 4.52. The molecule has 3 aromatic heterocycles. The third-order valence-electron chi connectivity index (χ3n) is 4.26. The van der Waals surface area contributed by atoms with Crippen LogP contribution >= 0.6 is 11.6 Å². The molecular weight excluding hydrogens is 340 g/mol. The van der Waals surface area contributed by atoms with Gasteiger partial charge in [-0.1, -0.05) is 25.4 Å². The largest absolute Gasteiger partial charge is 0.368 e. The molecule has 3 rings (SSSR count). The van der Waals surface area contributed by atoms with E-state index in [1.54, 1.807) is 7.05 Å². The highest BCUT2D eigenvalue weighted by molar-refractivity contribution is 6.33. The van der Waals surface area contributed by atoms with Crippen molar-refractivity contribution in [2.75, 3.05) is 5.73 Å². The van der Waals surface area contributed by atoms with Crippen LogP contribution in [0.1, 0.15) is 36.2 Å². The lowest BCUT2D eigenvalue weighted by atomic mass is 10.0. The van der Waals surface area contributed by atoms with Crippen molar-refractivity contribution in [3.8, 4) is 0 Å². The Morgan fingerprint density at radius 2 is 1.80 bits per heavy atom. The Bertz CT molecular complexity index is 989. The molecular formula is C17H23ClN6O. The van der Waals surface area contributed by atoms with Gasteiger partial charge in [-0.05, 0) is 37.5 Å². The minimum Gasteiger partial charge on any atom is -0.368 e. The molecule has 0 radical (unpaired) electrons. The number of imidazole rings is 1. The normalized spacial score (nSPS) is 10.7. The number of halogens is 1. The second-order valence-corrected chi connectivity index (χ2v) is 5.97. The van der Waals surface area contributed by atoms with Crippen LogP contribution in [0.25, 0.3) is 11.2 Å². The summed E-state index contributed by atoms with van der Waals surface area (Å²) < 4.78 is 2.94. The summed E-state index contributed by atoms with van der Waals surface area (Å²) in [4.78, 5) is 25.1. The summed E-state index contributed by atoms with van der Waals surface area (Å²) in [6.07, 6.45) is 1.81. The summed E-state index contributed by atoms with van der Waals surface area (Å²) >= 11 is 6.11. The van der Waals surface area contributed by atoms with Crippen LogP contribution in [0.15, 0.2) is 11.0 Å². The van der Waals surface area contributed by atoms with Crippen molar-refractivity contribution in [1.29, 1.82) is 0 Å². The molecule has 0 spiro atoms. The number of nitrogens with zero attached hydrogens (tertiary/aromatic N) is 5. The first-order chi connectivity index (χ1) is 11.8. The van der Waals surface area contributed by atoms with Gasteiger partial charge in [0.15, 0.2) is 10.8 Å².